The maximum Gasteiger partial charge on any atom is 0.246 e. The van der Waals surface area contributed by atoms with Crippen molar-refractivity contribution in [2.75, 3.05) is 70.4 Å². The molecule has 9 heteroatoms. The van der Waals surface area contributed by atoms with Crippen molar-refractivity contribution in [3.8, 4) is 17.2 Å². The molecule has 1 aromatic heterocycles. The van der Waals surface area contributed by atoms with Gasteiger partial charge in [-0.15, -0.1) is 10.2 Å². The van der Waals surface area contributed by atoms with Crippen LogP contribution in [0, 0.1) is 0 Å². The first-order valence-corrected chi connectivity index (χ1v) is 12.2. The first kappa shape index (κ1) is 24.6. The minimum atomic E-state index is -0.0269. The van der Waals surface area contributed by atoms with Crippen LogP contribution in [0.5, 0.6) is 17.2 Å². The Morgan fingerprint density at radius 2 is 1.31 bits per heavy atom. The van der Waals surface area contributed by atoms with Crippen LogP contribution in [0.25, 0.3) is 6.08 Å². The highest BCUT2D eigenvalue weighted by Gasteiger charge is 2.21. The van der Waals surface area contributed by atoms with E-state index in [-0.39, 0.29) is 5.91 Å². The zero-order valence-electron chi connectivity index (χ0n) is 20.9. The molecule has 188 valence electrons. The number of hydrogen-bond acceptors (Lipinski definition) is 8. The lowest BCUT2D eigenvalue weighted by Gasteiger charge is -2.34. The molecule has 0 aliphatic carbocycles. The zero-order valence-corrected chi connectivity index (χ0v) is 20.9. The van der Waals surface area contributed by atoms with Crippen LogP contribution in [0.2, 0.25) is 0 Å². The molecule has 2 aliphatic rings. The fourth-order valence-corrected chi connectivity index (χ4v) is 4.58. The molecule has 2 saturated heterocycles. The fraction of sp³-hybridized carbons (Fsp3) is 0.500. The summed E-state index contributed by atoms with van der Waals surface area (Å²) in [6, 6.07) is 7.76. The van der Waals surface area contributed by atoms with Gasteiger partial charge in [-0.3, -0.25) is 4.79 Å². The first-order valence-electron chi connectivity index (χ1n) is 12.2. The molecule has 0 N–H and O–H groups in total. The van der Waals surface area contributed by atoms with Crippen molar-refractivity contribution < 1.29 is 19.0 Å². The Bertz CT molecular complexity index is 986. The van der Waals surface area contributed by atoms with E-state index in [1.165, 1.54) is 25.7 Å². The molecule has 3 heterocycles. The number of carbonyl (C=O) groups is 1. The smallest absolute Gasteiger partial charge is 0.246 e. The number of ether oxygens (including phenoxy) is 3. The largest absolute Gasteiger partial charge is 0.493 e. The second-order valence-corrected chi connectivity index (χ2v) is 8.76. The summed E-state index contributed by atoms with van der Waals surface area (Å²) in [4.78, 5) is 19.2. The average molecular weight is 482 g/mol. The van der Waals surface area contributed by atoms with Gasteiger partial charge < -0.3 is 28.9 Å². The second kappa shape index (κ2) is 11.8. The quantitative estimate of drug-likeness (QED) is 0.558. The molecule has 0 spiro atoms. The van der Waals surface area contributed by atoms with Crippen molar-refractivity contribution in [2.45, 2.75) is 25.7 Å². The predicted molar refractivity (Wildman–Crippen MR) is 137 cm³/mol. The second-order valence-electron chi connectivity index (χ2n) is 8.76. The van der Waals surface area contributed by atoms with Crippen molar-refractivity contribution in [2.24, 2.45) is 0 Å². The van der Waals surface area contributed by atoms with E-state index in [0.717, 1.165) is 43.4 Å². The van der Waals surface area contributed by atoms with Crippen molar-refractivity contribution in [1.29, 1.82) is 0 Å². The molecule has 0 bridgehead atoms. The van der Waals surface area contributed by atoms with E-state index in [0.29, 0.717) is 30.3 Å². The molecule has 35 heavy (non-hydrogen) atoms. The molecule has 1 amide bonds. The lowest BCUT2D eigenvalue weighted by atomic mass is 10.1. The third-order valence-electron chi connectivity index (χ3n) is 6.59. The lowest BCUT2D eigenvalue weighted by Crippen LogP contribution is -2.48. The topological polar surface area (TPSA) is 80.3 Å². The number of methoxy groups -OCH3 is 3. The third-order valence-corrected chi connectivity index (χ3v) is 6.59. The Kier molecular flexibility index (Phi) is 8.28. The predicted octanol–water partition coefficient (Wildman–Crippen LogP) is 3.24. The monoisotopic (exact) mass is 481 g/mol. The molecule has 4 rings (SSSR count). The highest BCUT2D eigenvalue weighted by molar-refractivity contribution is 5.92. The van der Waals surface area contributed by atoms with E-state index >= 15 is 0 Å². The van der Waals surface area contributed by atoms with Gasteiger partial charge in [0.15, 0.2) is 23.1 Å². The van der Waals surface area contributed by atoms with Gasteiger partial charge in [0, 0.05) is 45.3 Å². The molecular formula is C26H35N5O4. The summed E-state index contributed by atoms with van der Waals surface area (Å²) >= 11 is 0. The Morgan fingerprint density at radius 3 is 1.80 bits per heavy atom. The molecule has 1 aromatic carbocycles. The molecule has 0 unspecified atom stereocenters. The number of amides is 1. The number of piperazine rings is 1. The Morgan fingerprint density at radius 1 is 0.771 bits per heavy atom. The van der Waals surface area contributed by atoms with Crippen molar-refractivity contribution in [3.63, 3.8) is 0 Å². The van der Waals surface area contributed by atoms with E-state index in [1.807, 2.05) is 17.0 Å². The van der Waals surface area contributed by atoms with Crippen LogP contribution >= 0.6 is 0 Å². The van der Waals surface area contributed by atoms with Crippen molar-refractivity contribution >= 4 is 23.6 Å². The standard InChI is InChI=1S/C26H35N5O4/c1-33-21-18-20(19-22(34-2)26(21)35-3)8-11-25(32)31-16-14-30(15-17-31)24-10-9-23(27-28-24)29-12-6-4-5-7-13-29/h8-11,18-19H,4-7,12-17H2,1-3H3/b11-8+. The molecule has 2 aromatic rings. The highest BCUT2D eigenvalue weighted by Crippen LogP contribution is 2.38. The maximum atomic E-state index is 12.8. The summed E-state index contributed by atoms with van der Waals surface area (Å²) in [7, 11) is 4.71. The molecule has 9 nitrogen and oxygen atoms in total. The number of benzene rings is 1. The number of hydrogen-bond donors (Lipinski definition) is 0. The van der Waals surface area contributed by atoms with Gasteiger partial charge in [0.25, 0.3) is 0 Å². The minimum Gasteiger partial charge on any atom is -0.493 e. The number of rotatable bonds is 7. The van der Waals surface area contributed by atoms with Crippen LogP contribution in [0.3, 0.4) is 0 Å². The van der Waals surface area contributed by atoms with Crippen molar-refractivity contribution in [1.82, 2.24) is 15.1 Å². The van der Waals surface area contributed by atoms with Crippen LogP contribution in [-0.4, -0.2) is 81.6 Å². The Labute approximate surface area is 207 Å². The maximum absolute atomic E-state index is 12.8. The van der Waals surface area contributed by atoms with Gasteiger partial charge in [0.1, 0.15) is 0 Å². The van der Waals surface area contributed by atoms with E-state index in [4.69, 9.17) is 14.2 Å². The zero-order chi connectivity index (χ0) is 24.6. The van der Waals surface area contributed by atoms with Crippen molar-refractivity contribution in [3.05, 3.63) is 35.9 Å². The van der Waals surface area contributed by atoms with E-state index < -0.39 is 0 Å². The van der Waals surface area contributed by atoms with E-state index in [1.54, 1.807) is 33.5 Å². The van der Waals surface area contributed by atoms with Gasteiger partial charge in [-0.25, -0.2) is 0 Å². The van der Waals surface area contributed by atoms with Gasteiger partial charge in [-0.05, 0) is 48.7 Å². The van der Waals surface area contributed by atoms with Crippen LogP contribution in [0.1, 0.15) is 31.2 Å². The summed E-state index contributed by atoms with van der Waals surface area (Å²) in [5.41, 5.74) is 0.797. The van der Waals surface area contributed by atoms with Gasteiger partial charge in [-0.1, -0.05) is 12.8 Å². The van der Waals surface area contributed by atoms with Crippen LogP contribution in [0.15, 0.2) is 30.3 Å². The summed E-state index contributed by atoms with van der Waals surface area (Å²) in [6.07, 6.45) is 8.38. The molecule has 2 aliphatic heterocycles. The molecular weight excluding hydrogens is 446 g/mol. The number of nitrogens with zero attached hydrogens (tertiary/aromatic N) is 5. The summed E-state index contributed by atoms with van der Waals surface area (Å²) in [5.74, 6) is 3.43. The first-order chi connectivity index (χ1) is 17.1. The van der Waals surface area contributed by atoms with Crippen LogP contribution in [0.4, 0.5) is 11.6 Å². The lowest BCUT2D eigenvalue weighted by molar-refractivity contribution is -0.126. The molecule has 0 saturated carbocycles. The van der Waals surface area contributed by atoms with Gasteiger partial charge in [0.05, 0.1) is 21.3 Å². The number of carbonyl (C=O) groups excluding carboxylic acids is 1. The average Bonchev–Trinajstić information content (AvgIpc) is 3.21. The number of anilines is 2. The highest BCUT2D eigenvalue weighted by atomic mass is 16.5. The Hall–Kier alpha value is -3.49. The molecule has 2 fully saturated rings. The molecule has 0 radical (unpaired) electrons. The Balaban J connectivity index is 1.33. The molecule has 0 atom stereocenters. The van der Waals surface area contributed by atoms with Crippen LogP contribution < -0.4 is 24.0 Å². The third kappa shape index (κ3) is 5.96. The minimum absolute atomic E-state index is 0.0269. The van der Waals surface area contributed by atoms with Crippen LogP contribution in [-0.2, 0) is 4.79 Å². The normalized spacial score (nSPS) is 16.8. The summed E-state index contributed by atoms with van der Waals surface area (Å²) in [5, 5.41) is 8.97. The summed E-state index contributed by atoms with van der Waals surface area (Å²) < 4.78 is 16.1. The summed E-state index contributed by atoms with van der Waals surface area (Å²) in [6.45, 7) is 4.82. The fourth-order valence-electron chi connectivity index (χ4n) is 4.58. The SMILES string of the molecule is COc1cc(/C=C/C(=O)N2CCN(c3ccc(N4CCCCCC4)nn3)CC2)cc(OC)c1OC. The van der Waals surface area contributed by atoms with Gasteiger partial charge >= 0.3 is 0 Å². The van der Waals surface area contributed by atoms with Gasteiger partial charge in [0.2, 0.25) is 11.7 Å². The van der Waals surface area contributed by atoms with E-state index in [2.05, 4.69) is 32.1 Å². The van der Waals surface area contributed by atoms with Gasteiger partial charge in [-0.2, -0.15) is 0 Å². The van der Waals surface area contributed by atoms with E-state index in [9.17, 15) is 4.79 Å². The number of aromatic nitrogens is 2.